The standard InChI is InChI=1S/C30H36FN7O2.C29H33F2N7O2.C29H34FN7O2/c1-20(2)37-17-23(16-32-37)28-21(3)29(38(35-28)25-8-6-5-7-9-25)34-30(39)33-27-19-36(14-15-40-4)18-26(27)22-10-12-24(31)13-11-22;1-4-37-16-21(15-32-37)27-19(2)28(38(35-27)22-8-6-5-7-9-22)34-29(39)33-26-18-36(12-13-40-3)17-23(26)20-10-11-24(30)25(31)14-20;1-4-36-17-22(16-31-36)27-20(2)28(37(34-27)24-8-6-5-7-9-24)33-29(38)32-26-19-35(14-15-39-3)18-25(26)21-10-12-23(30)13-11-21/h5-13,16-17,20,26-27H,14-15,18-19H2,1-4H3,(H2,33,34,39);5-11,14-16,23,26H,4,12-13,17-18H2,1-3H3,(H2,33,34,39);5-13,16-17,25-26H,4,14-15,18-19H2,1-3H3,(H2,32,33,38)/t26-,27+;23-,26+;25-,26+/m000/s1. The van der Waals surface area contributed by atoms with Crippen molar-refractivity contribution in [2.75, 3.05) is 116 Å². The number of carbonyl (C=O) groups is 3. The monoisotopic (exact) mass is 1630 g/mol. The quantitative estimate of drug-likeness (QED) is 0.0261. The van der Waals surface area contributed by atoms with E-state index in [0.717, 1.165) is 118 Å². The SMILES string of the molecule is CCn1cc(-c2nn(-c3ccccc3)c(NC(=O)N[C@@H]3CN(CCOC)C[C@H]3c3ccc(F)c(F)c3)c2C)cn1.CCn1cc(-c2nn(-c3ccccc3)c(NC(=O)N[C@@H]3CN(CCOC)C[C@H]3c3ccc(F)cc3)c2C)cn1.COCCN1C[C@@H](NC(=O)Nc2c(C)c(-c3cnn(C(C)C)c3)nn2-c2ccccc2)[C@H](c2ccc(F)cc2)C1. The molecule has 0 saturated carbocycles. The molecule has 15 rings (SSSR count). The van der Waals surface area contributed by atoms with Gasteiger partial charge in [-0.3, -0.25) is 44.7 Å². The van der Waals surface area contributed by atoms with E-state index in [0.29, 0.717) is 81.3 Å². The van der Waals surface area contributed by atoms with Crippen molar-refractivity contribution in [2.45, 2.75) is 103 Å². The topological polar surface area (TPSA) is 268 Å². The fourth-order valence-corrected chi connectivity index (χ4v) is 15.5. The molecular weight excluding hydrogens is 1520 g/mol. The van der Waals surface area contributed by atoms with E-state index >= 15 is 0 Å². The second kappa shape index (κ2) is 39.4. The molecule has 3 fully saturated rings. The van der Waals surface area contributed by atoms with Crippen LogP contribution in [0, 0.1) is 44.0 Å². The second-order valence-corrected chi connectivity index (χ2v) is 30.1. The van der Waals surface area contributed by atoms with Crippen LogP contribution in [0.4, 0.5) is 49.4 Å². The van der Waals surface area contributed by atoms with Crippen LogP contribution in [-0.2, 0) is 27.3 Å². The second-order valence-electron chi connectivity index (χ2n) is 30.1. The molecule has 31 heteroatoms. The fourth-order valence-electron chi connectivity index (χ4n) is 15.5. The molecule has 6 aromatic carbocycles. The summed E-state index contributed by atoms with van der Waals surface area (Å²) in [6.45, 7) is 23.3. The van der Waals surface area contributed by atoms with Crippen LogP contribution in [-0.4, -0.2) is 210 Å². The van der Waals surface area contributed by atoms with Gasteiger partial charge >= 0.3 is 18.1 Å². The Hall–Kier alpha value is -12.1. The first-order valence-electron chi connectivity index (χ1n) is 40.1. The number of methoxy groups -OCH3 is 3. The van der Waals surface area contributed by atoms with E-state index in [2.05, 4.69) is 75.7 Å². The summed E-state index contributed by atoms with van der Waals surface area (Å²) >= 11 is 0. The molecule has 3 aliphatic rings. The van der Waals surface area contributed by atoms with Crippen molar-refractivity contribution < 1.29 is 46.2 Å². The molecule has 0 radical (unpaired) electrons. The number of benzene rings is 6. The summed E-state index contributed by atoms with van der Waals surface area (Å²) in [5, 5.41) is 46.4. The molecule has 119 heavy (non-hydrogen) atoms. The Kier molecular flexibility index (Phi) is 28.1. The number of aryl methyl sites for hydroxylation is 2. The fraction of sp³-hybridized carbons (Fsp3) is 0.352. The van der Waals surface area contributed by atoms with Gasteiger partial charge in [0, 0.05) is 169 Å². The molecule has 0 bridgehead atoms. The molecule has 0 spiro atoms. The van der Waals surface area contributed by atoms with E-state index < -0.39 is 17.7 Å². The predicted molar refractivity (Wildman–Crippen MR) is 450 cm³/mol. The maximum Gasteiger partial charge on any atom is 0.320 e. The van der Waals surface area contributed by atoms with Crippen LogP contribution in [0.15, 0.2) is 195 Å². The molecular formula is C88H103F4N21O6. The molecule has 6 N–H and O–H groups in total. The van der Waals surface area contributed by atoms with E-state index in [1.54, 1.807) is 84.3 Å². The summed E-state index contributed by atoms with van der Waals surface area (Å²) < 4.78 is 81.5. The Balaban J connectivity index is 0.000000155. The number of nitrogens with one attached hydrogen (secondary N) is 6. The van der Waals surface area contributed by atoms with Gasteiger partial charge < -0.3 is 30.2 Å². The summed E-state index contributed by atoms with van der Waals surface area (Å²) in [4.78, 5) is 47.1. The number of hydrogen-bond acceptors (Lipinski definition) is 15. The van der Waals surface area contributed by atoms with Crippen LogP contribution in [0.25, 0.3) is 50.8 Å². The molecule has 9 heterocycles. The highest BCUT2D eigenvalue weighted by Gasteiger charge is 2.39. The first-order valence-corrected chi connectivity index (χ1v) is 40.1. The highest BCUT2D eigenvalue weighted by atomic mass is 19.2. The zero-order valence-electron chi connectivity index (χ0n) is 68.6. The average molecular weight is 1630 g/mol. The highest BCUT2D eigenvalue weighted by Crippen LogP contribution is 2.37. The summed E-state index contributed by atoms with van der Waals surface area (Å²) in [7, 11) is 4.99. The van der Waals surface area contributed by atoms with Gasteiger partial charge in [-0.15, -0.1) is 0 Å². The van der Waals surface area contributed by atoms with Gasteiger partial charge in [0.15, 0.2) is 11.6 Å². The summed E-state index contributed by atoms with van der Waals surface area (Å²) in [5.41, 5.74) is 12.4. The first-order chi connectivity index (χ1) is 57.7. The first kappa shape index (κ1) is 84.8. The van der Waals surface area contributed by atoms with Crippen molar-refractivity contribution in [3.63, 3.8) is 0 Å². The summed E-state index contributed by atoms with van der Waals surface area (Å²) in [5.74, 6) is -0.851. The van der Waals surface area contributed by atoms with Crippen LogP contribution >= 0.6 is 0 Å². The lowest BCUT2D eigenvalue weighted by molar-refractivity contribution is 0.159. The zero-order valence-corrected chi connectivity index (χ0v) is 68.6. The Morgan fingerprint density at radius 2 is 0.748 bits per heavy atom. The number of nitrogens with zero attached hydrogens (tertiary/aromatic N) is 15. The van der Waals surface area contributed by atoms with Gasteiger partial charge in [0.2, 0.25) is 0 Å². The third kappa shape index (κ3) is 20.5. The zero-order chi connectivity index (χ0) is 83.8. The van der Waals surface area contributed by atoms with Gasteiger partial charge in [0.05, 0.1) is 73.6 Å². The molecule has 12 aromatic rings. The van der Waals surface area contributed by atoms with Crippen LogP contribution < -0.4 is 31.9 Å². The molecule has 3 saturated heterocycles. The van der Waals surface area contributed by atoms with E-state index in [9.17, 15) is 31.9 Å². The number of amides is 6. The number of anilines is 3. The molecule has 6 amide bonds. The number of aromatic nitrogens is 12. The number of hydrogen-bond donors (Lipinski definition) is 6. The smallest absolute Gasteiger partial charge is 0.320 e. The molecule has 6 atom stereocenters. The molecule has 0 aliphatic carbocycles. The number of rotatable bonds is 27. The Bertz CT molecular complexity index is 5340. The number of urea groups is 3. The van der Waals surface area contributed by atoms with E-state index in [4.69, 9.17) is 29.5 Å². The summed E-state index contributed by atoms with van der Waals surface area (Å²) in [6.07, 6.45) is 11.2. The number of ether oxygens (including phenoxy) is 3. The number of carbonyl (C=O) groups excluding carboxylic acids is 3. The van der Waals surface area contributed by atoms with Crippen molar-refractivity contribution in [3.05, 3.63) is 252 Å². The average Bonchev–Trinajstić information content (AvgIpc) is 1.64. The number of likely N-dealkylation sites (tertiary alicyclic amines) is 3. The van der Waals surface area contributed by atoms with Crippen molar-refractivity contribution in [1.29, 1.82) is 0 Å². The largest absolute Gasteiger partial charge is 0.383 e. The lowest BCUT2D eigenvalue weighted by atomic mass is 9.94. The lowest BCUT2D eigenvalue weighted by Gasteiger charge is -2.21. The van der Waals surface area contributed by atoms with Crippen LogP contribution in [0.2, 0.25) is 0 Å². The third-order valence-corrected chi connectivity index (χ3v) is 21.9. The van der Waals surface area contributed by atoms with Crippen molar-refractivity contribution in [3.8, 4) is 50.8 Å². The third-order valence-electron chi connectivity index (χ3n) is 21.9. The molecule has 6 aromatic heterocycles. The Morgan fingerprint density at radius 3 is 1.06 bits per heavy atom. The van der Waals surface area contributed by atoms with Crippen molar-refractivity contribution in [2.24, 2.45) is 0 Å². The van der Waals surface area contributed by atoms with E-state index in [-0.39, 0.29) is 65.6 Å². The highest BCUT2D eigenvalue weighted by molar-refractivity contribution is 5.93. The molecule has 624 valence electrons. The van der Waals surface area contributed by atoms with Gasteiger partial charge in [0.25, 0.3) is 0 Å². The minimum atomic E-state index is -0.905. The maximum atomic E-state index is 14.1. The van der Waals surface area contributed by atoms with Gasteiger partial charge in [0.1, 0.15) is 46.2 Å². The van der Waals surface area contributed by atoms with Crippen molar-refractivity contribution >= 4 is 35.5 Å². The molecule has 3 aliphatic heterocycles. The number of halogens is 4. The van der Waals surface area contributed by atoms with Crippen molar-refractivity contribution in [1.82, 2.24) is 89.3 Å². The Morgan fingerprint density at radius 1 is 0.420 bits per heavy atom. The molecule has 27 nitrogen and oxygen atoms in total. The number of para-hydroxylation sites is 3. The van der Waals surface area contributed by atoms with Crippen LogP contribution in [0.1, 0.15) is 84.9 Å². The summed E-state index contributed by atoms with van der Waals surface area (Å²) in [6, 6.07) is 44.5. The van der Waals surface area contributed by atoms with Crippen LogP contribution in [0.5, 0.6) is 0 Å². The normalized spacial score (nSPS) is 17.4. The van der Waals surface area contributed by atoms with Gasteiger partial charge in [-0.25, -0.2) is 46.0 Å². The van der Waals surface area contributed by atoms with Crippen LogP contribution in [0.3, 0.4) is 0 Å². The minimum absolute atomic E-state index is 0.0146. The maximum absolute atomic E-state index is 14.1. The van der Waals surface area contributed by atoms with E-state index in [1.807, 2.05) is 158 Å². The predicted octanol–water partition coefficient (Wildman–Crippen LogP) is 14.0. The van der Waals surface area contributed by atoms with Gasteiger partial charge in [-0.05, 0) is 138 Å². The Labute approximate surface area is 689 Å². The van der Waals surface area contributed by atoms with Gasteiger partial charge in [-0.2, -0.15) is 30.6 Å². The molecule has 0 unspecified atom stereocenters. The minimum Gasteiger partial charge on any atom is -0.383 e. The van der Waals surface area contributed by atoms with E-state index in [1.165, 1.54) is 30.3 Å². The lowest BCUT2D eigenvalue weighted by Crippen LogP contribution is -2.42. The van der Waals surface area contributed by atoms with Gasteiger partial charge in [-0.1, -0.05) is 84.9 Å².